The van der Waals surface area contributed by atoms with Crippen LogP contribution in [0.2, 0.25) is 5.02 Å². The summed E-state index contributed by atoms with van der Waals surface area (Å²) in [4.78, 5) is 12.1. The van der Waals surface area contributed by atoms with Gasteiger partial charge in [-0.15, -0.1) is 0 Å². The van der Waals surface area contributed by atoms with Gasteiger partial charge in [0.15, 0.2) is 0 Å². The van der Waals surface area contributed by atoms with Gasteiger partial charge in [-0.3, -0.25) is 4.79 Å². The normalized spacial score (nSPS) is 10.5. The molecule has 0 heterocycles. The first-order valence-corrected chi connectivity index (χ1v) is 7.76. The van der Waals surface area contributed by atoms with Gasteiger partial charge in [0.25, 0.3) is 5.91 Å². The molecule has 4 heteroatoms. The minimum atomic E-state index is -0.608. The van der Waals surface area contributed by atoms with E-state index < -0.39 is 11.7 Å². The van der Waals surface area contributed by atoms with E-state index in [1.54, 1.807) is 0 Å². The van der Waals surface area contributed by atoms with Gasteiger partial charge in [-0.1, -0.05) is 43.6 Å². The van der Waals surface area contributed by atoms with E-state index in [2.05, 4.69) is 37.4 Å². The average molecular weight is 320 g/mol. The van der Waals surface area contributed by atoms with Crippen molar-refractivity contribution in [1.82, 2.24) is 5.32 Å². The van der Waals surface area contributed by atoms with Crippen molar-refractivity contribution < 1.29 is 9.18 Å². The molecule has 116 valence electrons. The molecule has 1 amide bonds. The fourth-order valence-electron chi connectivity index (χ4n) is 2.35. The first-order valence-electron chi connectivity index (χ1n) is 7.39. The topological polar surface area (TPSA) is 29.1 Å². The van der Waals surface area contributed by atoms with Crippen LogP contribution in [-0.4, -0.2) is 5.91 Å². The van der Waals surface area contributed by atoms with Crippen molar-refractivity contribution in [2.24, 2.45) is 0 Å². The number of hydrogen-bond donors (Lipinski definition) is 1. The Morgan fingerprint density at radius 2 is 1.86 bits per heavy atom. The Kier molecular flexibility index (Phi) is 5.56. The molecule has 22 heavy (non-hydrogen) atoms. The number of rotatable bonds is 5. The fourth-order valence-corrected chi connectivity index (χ4v) is 2.51. The van der Waals surface area contributed by atoms with Gasteiger partial charge in [0.2, 0.25) is 0 Å². The van der Waals surface area contributed by atoms with E-state index in [1.807, 2.05) is 0 Å². The summed E-state index contributed by atoms with van der Waals surface area (Å²) in [7, 11) is 0. The minimum absolute atomic E-state index is 0.00842. The third-order valence-electron chi connectivity index (χ3n) is 3.67. The number of carbonyl (C=O) groups is 1. The van der Waals surface area contributed by atoms with Gasteiger partial charge in [0, 0.05) is 11.6 Å². The predicted octanol–water partition coefficient (Wildman–Crippen LogP) is 4.53. The summed E-state index contributed by atoms with van der Waals surface area (Å²) in [5.74, 6) is -1.04. The van der Waals surface area contributed by atoms with Crippen LogP contribution >= 0.6 is 11.6 Å². The quantitative estimate of drug-likeness (QED) is 0.861. The SMILES string of the molecule is CCc1ccc(CC)c(CNC(=O)c2ccc(Cl)cc2F)c1. The molecule has 0 unspecified atom stereocenters. The fraction of sp³-hybridized carbons (Fsp3) is 0.278. The first-order chi connectivity index (χ1) is 10.5. The number of halogens is 2. The summed E-state index contributed by atoms with van der Waals surface area (Å²) < 4.78 is 13.7. The summed E-state index contributed by atoms with van der Waals surface area (Å²) in [6.45, 7) is 4.55. The lowest BCUT2D eigenvalue weighted by molar-refractivity contribution is 0.0947. The van der Waals surface area contributed by atoms with Crippen LogP contribution in [0.1, 0.15) is 40.9 Å². The van der Waals surface area contributed by atoms with Crippen molar-refractivity contribution >= 4 is 17.5 Å². The Morgan fingerprint density at radius 3 is 2.50 bits per heavy atom. The standard InChI is InChI=1S/C18H19ClFNO/c1-3-12-5-6-13(4-2)14(9-12)11-21-18(22)16-8-7-15(19)10-17(16)20/h5-10H,3-4,11H2,1-2H3,(H,21,22). The summed E-state index contributed by atoms with van der Waals surface area (Å²) >= 11 is 5.70. The van der Waals surface area contributed by atoms with Gasteiger partial charge in [-0.25, -0.2) is 4.39 Å². The van der Waals surface area contributed by atoms with Gasteiger partial charge in [0.05, 0.1) is 5.56 Å². The monoisotopic (exact) mass is 319 g/mol. The van der Waals surface area contributed by atoms with Gasteiger partial charge < -0.3 is 5.32 Å². The van der Waals surface area contributed by atoms with Crippen LogP contribution in [0.3, 0.4) is 0 Å². The van der Waals surface area contributed by atoms with Crippen molar-refractivity contribution in [3.05, 3.63) is 69.5 Å². The zero-order chi connectivity index (χ0) is 16.1. The van der Waals surface area contributed by atoms with Crippen LogP contribution < -0.4 is 5.32 Å². The van der Waals surface area contributed by atoms with Gasteiger partial charge >= 0.3 is 0 Å². The molecule has 0 radical (unpaired) electrons. The molecule has 1 N–H and O–H groups in total. The van der Waals surface area contributed by atoms with Crippen molar-refractivity contribution in [2.75, 3.05) is 0 Å². The number of aryl methyl sites for hydroxylation is 2. The number of hydrogen-bond acceptors (Lipinski definition) is 1. The molecule has 0 bridgehead atoms. The van der Waals surface area contributed by atoms with Crippen molar-refractivity contribution in [2.45, 2.75) is 33.2 Å². The van der Waals surface area contributed by atoms with Gasteiger partial charge in [-0.2, -0.15) is 0 Å². The van der Waals surface area contributed by atoms with Gasteiger partial charge in [-0.05, 0) is 47.7 Å². The predicted molar refractivity (Wildman–Crippen MR) is 87.8 cm³/mol. The number of benzene rings is 2. The minimum Gasteiger partial charge on any atom is -0.348 e. The van der Waals surface area contributed by atoms with E-state index in [-0.39, 0.29) is 10.6 Å². The third-order valence-corrected chi connectivity index (χ3v) is 3.91. The van der Waals surface area contributed by atoms with Crippen LogP contribution in [-0.2, 0) is 19.4 Å². The van der Waals surface area contributed by atoms with Crippen LogP contribution in [0, 0.1) is 5.82 Å². The smallest absolute Gasteiger partial charge is 0.254 e. The number of carbonyl (C=O) groups excluding carboxylic acids is 1. The van der Waals surface area contributed by atoms with Crippen molar-refractivity contribution in [3.63, 3.8) is 0 Å². The molecular weight excluding hydrogens is 301 g/mol. The van der Waals surface area contributed by atoms with Gasteiger partial charge in [0.1, 0.15) is 5.82 Å². The molecule has 2 rings (SSSR count). The Labute approximate surface area is 135 Å². The zero-order valence-corrected chi connectivity index (χ0v) is 13.5. The van der Waals surface area contributed by atoms with Crippen LogP contribution in [0.5, 0.6) is 0 Å². The third kappa shape index (κ3) is 3.86. The molecule has 0 atom stereocenters. The molecule has 0 saturated heterocycles. The van der Waals surface area contributed by atoms with E-state index >= 15 is 0 Å². The Balaban J connectivity index is 2.13. The maximum Gasteiger partial charge on any atom is 0.254 e. The molecule has 0 aliphatic carbocycles. The van der Waals surface area contributed by atoms with E-state index in [0.717, 1.165) is 24.5 Å². The first kappa shape index (κ1) is 16.5. The van der Waals surface area contributed by atoms with E-state index in [9.17, 15) is 9.18 Å². The Morgan fingerprint density at radius 1 is 1.09 bits per heavy atom. The molecule has 0 aliphatic rings. The second-order valence-electron chi connectivity index (χ2n) is 5.12. The lowest BCUT2D eigenvalue weighted by Crippen LogP contribution is -2.24. The molecule has 0 saturated carbocycles. The Hall–Kier alpha value is -1.87. The molecule has 0 aromatic heterocycles. The summed E-state index contributed by atoms with van der Waals surface area (Å²) in [5, 5.41) is 3.06. The maximum atomic E-state index is 13.7. The lowest BCUT2D eigenvalue weighted by atomic mass is 10.0. The van der Waals surface area contributed by atoms with Crippen LogP contribution in [0.15, 0.2) is 36.4 Å². The maximum absolute atomic E-state index is 13.7. The molecule has 0 aliphatic heterocycles. The highest BCUT2D eigenvalue weighted by Gasteiger charge is 2.12. The highest BCUT2D eigenvalue weighted by molar-refractivity contribution is 6.30. The molecule has 0 fully saturated rings. The largest absolute Gasteiger partial charge is 0.348 e. The zero-order valence-electron chi connectivity index (χ0n) is 12.7. The molecule has 0 spiro atoms. The number of nitrogens with one attached hydrogen (secondary N) is 1. The second-order valence-corrected chi connectivity index (χ2v) is 5.55. The highest BCUT2D eigenvalue weighted by Crippen LogP contribution is 2.16. The summed E-state index contributed by atoms with van der Waals surface area (Å²) in [6, 6.07) is 10.3. The molecule has 2 aromatic rings. The highest BCUT2D eigenvalue weighted by atomic mass is 35.5. The number of amides is 1. The Bertz CT molecular complexity index is 685. The summed E-state index contributed by atoms with van der Waals surface area (Å²) in [6.07, 6.45) is 1.83. The van der Waals surface area contributed by atoms with Crippen LogP contribution in [0.4, 0.5) is 4.39 Å². The second kappa shape index (κ2) is 7.41. The van der Waals surface area contributed by atoms with Crippen molar-refractivity contribution in [1.29, 1.82) is 0 Å². The molecule has 2 nitrogen and oxygen atoms in total. The average Bonchev–Trinajstić information content (AvgIpc) is 2.52. The van der Waals surface area contributed by atoms with E-state index in [4.69, 9.17) is 11.6 Å². The molecular formula is C18H19ClFNO. The van der Waals surface area contributed by atoms with Crippen LogP contribution in [0.25, 0.3) is 0 Å². The molecule has 2 aromatic carbocycles. The lowest BCUT2D eigenvalue weighted by Gasteiger charge is -2.12. The van der Waals surface area contributed by atoms with E-state index in [1.165, 1.54) is 23.3 Å². The van der Waals surface area contributed by atoms with E-state index in [0.29, 0.717) is 6.54 Å². The van der Waals surface area contributed by atoms with Crippen molar-refractivity contribution in [3.8, 4) is 0 Å². The summed E-state index contributed by atoms with van der Waals surface area (Å²) in [5.41, 5.74) is 3.49.